The van der Waals surface area contributed by atoms with E-state index in [0.717, 1.165) is 0 Å². The monoisotopic (exact) mass is 358 g/mol. The van der Waals surface area contributed by atoms with Crippen LogP contribution in [0.5, 0.6) is 0 Å². The van der Waals surface area contributed by atoms with Crippen LogP contribution in [0.4, 0.5) is 0 Å². The molecule has 0 rings (SSSR count). The van der Waals surface area contributed by atoms with Crippen LogP contribution in [-0.2, 0) is 0 Å². The number of hydrogen-bond acceptors (Lipinski definition) is 0. The predicted molar refractivity (Wildman–Crippen MR) is 64.6 cm³/mol. The molecule has 0 bridgehead atoms. The molecule has 2 heteroatoms. The molecule has 0 saturated heterocycles. The van der Waals surface area contributed by atoms with Crippen molar-refractivity contribution in [1.29, 1.82) is 0 Å². The van der Waals surface area contributed by atoms with Gasteiger partial charge in [0.05, 0.1) is 0 Å². The third-order valence-electron chi connectivity index (χ3n) is 0.701. The van der Waals surface area contributed by atoms with Gasteiger partial charge in [-0.3, -0.25) is 0 Å². The van der Waals surface area contributed by atoms with E-state index in [1.54, 1.807) is 0 Å². The fourth-order valence-corrected chi connectivity index (χ4v) is 0.820. The third kappa shape index (κ3) is 8.42. The standard InChI is InChI=1S/C8H8I2/c9-7-5-3-1-2-4-6-8-10/h1-8H. The molecule has 0 aliphatic rings. The van der Waals surface area contributed by atoms with Crippen LogP contribution in [0.15, 0.2) is 44.6 Å². The van der Waals surface area contributed by atoms with Crippen LogP contribution in [0, 0.1) is 0 Å². The molecule has 10 heavy (non-hydrogen) atoms. The van der Waals surface area contributed by atoms with Crippen LogP contribution in [0.3, 0.4) is 0 Å². The zero-order chi connectivity index (χ0) is 7.66. The summed E-state index contributed by atoms with van der Waals surface area (Å²) in [4.78, 5) is 0. The maximum Gasteiger partial charge on any atom is -0.0234 e. The summed E-state index contributed by atoms with van der Waals surface area (Å²) in [6.45, 7) is 0. The Balaban J connectivity index is 3.51. The van der Waals surface area contributed by atoms with Crippen LogP contribution in [-0.4, -0.2) is 0 Å². The van der Waals surface area contributed by atoms with Crippen LogP contribution in [0.25, 0.3) is 0 Å². The van der Waals surface area contributed by atoms with E-state index in [1.165, 1.54) is 0 Å². The summed E-state index contributed by atoms with van der Waals surface area (Å²) in [6, 6.07) is 0. The zero-order valence-corrected chi connectivity index (χ0v) is 9.69. The van der Waals surface area contributed by atoms with Gasteiger partial charge in [-0.25, -0.2) is 0 Å². The lowest BCUT2D eigenvalue weighted by atomic mass is 10.4. The molecule has 0 aromatic carbocycles. The predicted octanol–water partition coefficient (Wildman–Crippen LogP) is 4.00. The van der Waals surface area contributed by atoms with Gasteiger partial charge in [0, 0.05) is 0 Å². The largest absolute Gasteiger partial charge is 0.0623 e. The first-order valence-electron chi connectivity index (χ1n) is 2.77. The molecular weight excluding hydrogens is 350 g/mol. The molecule has 54 valence electrons. The summed E-state index contributed by atoms with van der Waals surface area (Å²) < 4.78 is 3.94. The molecule has 0 aliphatic carbocycles. The normalized spacial score (nSPS) is 13.4. The minimum absolute atomic E-state index is 1.97. The molecular formula is C8H8I2. The quantitative estimate of drug-likeness (QED) is 0.529. The van der Waals surface area contributed by atoms with E-state index in [-0.39, 0.29) is 0 Å². The van der Waals surface area contributed by atoms with Crippen molar-refractivity contribution in [3.63, 3.8) is 0 Å². The fraction of sp³-hybridized carbons (Fsp3) is 0. The minimum atomic E-state index is 1.97. The van der Waals surface area contributed by atoms with Crippen molar-refractivity contribution in [2.75, 3.05) is 0 Å². The van der Waals surface area contributed by atoms with Gasteiger partial charge < -0.3 is 0 Å². The fourth-order valence-electron chi connectivity index (χ4n) is 0.341. The number of allylic oxidation sites excluding steroid dienone is 6. The molecule has 0 amide bonds. The molecule has 0 aliphatic heterocycles. The van der Waals surface area contributed by atoms with Crippen molar-refractivity contribution in [3.8, 4) is 0 Å². The molecule has 0 saturated carbocycles. The molecule has 0 aromatic rings. The SMILES string of the molecule is IC=CC=CC=CC=CI. The van der Waals surface area contributed by atoms with Crippen molar-refractivity contribution in [1.82, 2.24) is 0 Å². The van der Waals surface area contributed by atoms with Crippen LogP contribution in [0.2, 0.25) is 0 Å². The molecule has 0 atom stereocenters. The second-order valence-corrected chi connectivity index (χ2v) is 2.85. The third-order valence-corrected chi connectivity index (χ3v) is 1.53. The van der Waals surface area contributed by atoms with E-state index in [0.29, 0.717) is 0 Å². The molecule has 0 N–H and O–H groups in total. The van der Waals surface area contributed by atoms with Gasteiger partial charge in [-0.2, -0.15) is 0 Å². The average molecular weight is 358 g/mol. The summed E-state index contributed by atoms with van der Waals surface area (Å²) in [7, 11) is 0. The Morgan fingerprint density at radius 2 is 0.800 bits per heavy atom. The van der Waals surface area contributed by atoms with Crippen LogP contribution < -0.4 is 0 Å². The highest BCUT2D eigenvalue weighted by atomic mass is 127. The lowest BCUT2D eigenvalue weighted by Gasteiger charge is -1.70. The second kappa shape index (κ2) is 9.42. The molecule has 0 radical (unpaired) electrons. The number of halogens is 2. The van der Waals surface area contributed by atoms with Gasteiger partial charge in [0.15, 0.2) is 0 Å². The molecule has 0 spiro atoms. The Morgan fingerprint density at radius 1 is 0.500 bits per heavy atom. The Kier molecular flexibility index (Phi) is 9.82. The van der Waals surface area contributed by atoms with E-state index >= 15 is 0 Å². The van der Waals surface area contributed by atoms with Gasteiger partial charge in [-0.05, 0) is 8.17 Å². The van der Waals surface area contributed by atoms with Crippen molar-refractivity contribution in [3.05, 3.63) is 44.6 Å². The second-order valence-electron chi connectivity index (χ2n) is 1.41. The number of rotatable bonds is 3. The van der Waals surface area contributed by atoms with Gasteiger partial charge >= 0.3 is 0 Å². The van der Waals surface area contributed by atoms with Crippen molar-refractivity contribution in [2.24, 2.45) is 0 Å². The summed E-state index contributed by atoms with van der Waals surface area (Å²) >= 11 is 4.37. The smallest absolute Gasteiger partial charge is 0.0234 e. The summed E-state index contributed by atoms with van der Waals surface area (Å²) in [5.74, 6) is 0. The zero-order valence-electron chi connectivity index (χ0n) is 5.37. The van der Waals surface area contributed by atoms with Gasteiger partial charge in [0.2, 0.25) is 0 Å². The average Bonchev–Trinajstić information content (AvgIpc) is 1.97. The molecule has 0 unspecified atom stereocenters. The van der Waals surface area contributed by atoms with E-state index in [2.05, 4.69) is 45.2 Å². The Labute approximate surface area is 89.1 Å². The highest BCUT2D eigenvalue weighted by Crippen LogP contribution is 1.87. The van der Waals surface area contributed by atoms with E-state index in [1.807, 2.05) is 44.6 Å². The topological polar surface area (TPSA) is 0 Å². The van der Waals surface area contributed by atoms with E-state index in [9.17, 15) is 0 Å². The van der Waals surface area contributed by atoms with E-state index < -0.39 is 0 Å². The summed E-state index contributed by atoms with van der Waals surface area (Å²) in [5.41, 5.74) is 0. The highest BCUT2D eigenvalue weighted by molar-refractivity contribution is 14.1. The summed E-state index contributed by atoms with van der Waals surface area (Å²) in [6.07, 6.45) is 11.9. The first-order valence-corrected chi connectivity index (χ1v) is 5.26. The van der Waals surface area contributed by atoms with Gasteiger partial charge in [0.25, 0.3) is 0 Å². The lowest BCUT2D eigenvalue weighted by Crippen LogP contribution is -1.47. The molecule has 0 nitrogen and oxygen atoms in total. The Bertz CT molecular complexity index is 144. The van der Waals surface area contributed by atoms with Crippen LogP contribution >= 0.6 is 45.2 Å². The first kappa shape index (κ1) is 10.4. The Hall–Kier alpha value is 0.420. The van der Waals surface area contributed by atoms with Gasteiger partial charge in [-0.1, -0.05) is 81.6 Å². The van der Waals surface area contributed by atoms with Gasteiger partial charge in [-0.15, -0.1) is 0 Å². The maximum atomic E-state index is 2.18. The van der Waals surface area contributed by atoms with E-state index in [4.69, 9.17) is 0 Å². The van der Waals surface area contributed by atoms with Crippen molar-refractivity contribution < 1.29 is 0 Å². The molecule has 0 aromatic heterocycles. The number of hydrogen-bond donors (Lipinski definition) is 0. The molecule has 0 heterocycles. The van der Waals surface area contributed by atoms with Crippen LogP contribution in [0.1, 0.15) is 0 Å². The maximum absolute atomic E-state index is 2.18. The Morgan fingerprint density at radius 3 is 1.10 bits per heavy atom. The first-order chi connectivity index (χ1) is 4.91. The minimum Gasteiger partial charge on any atom is -0.0623 e. The molecule has 0 fully saturated rings. The lowest BCUT2D eigenvalue weighted by molar-refractivity contribution is 1.91. The van der Waals surface area contributed by atoms with Crippen molar-refractivity contribution in [2.45, 2.75) is 0 Å². The highest BCUT2D eigenvalue weighted by Gasteiger charge is 1.59. The summed E-state index contributed by atoms with van der Waals surface area (Å²) in [5, 5.41) is 0. The van der Waals surface area contributed by atoms with Crippen molar-refractivity contribution >= 4 is 45.2 Å². The van der Waals surface area contributed by atoms with Gasteiger partial charge in [0.1, 0.15) is 0 Å².